The SMILES string of the molecule is C[C@@H](NC(=O)CC1CCCC1)C(=O)N1CCc2c(ncnc2NCC(O)C23CC4CC(CC(C4)C2)C3)C1. The number of carbonyl (C=O) groups excluding carboxylic acids is 2. The molecular weight excluding hydrogens is 466 g/mol. The van der Waals surface area contributed by atoms with Gasteiger partial charge in [0.25, 0.3) is 0 Å². The Hall–Kier alpha value is -2.22. The van der Waals surface area contributed by atoms with Gasteiger partial charge in [-0.2, -0.15) is 0 Å². The maximum absolute atomic E-state index is 13.1. The molecule has 1 aliphatic heterocycles. The number of aromatic nitrogens is 2. The van der Waals surface area contributed by atoms with Crippen molar-refractivity contribution < 1.29 is 14.7 Å². The Morgan fingerprint density at radius 2 is 1.78 bits per heavy atom. The van der Waals surface area contributed by atoms with Crippen LogP contribution in [0.3, 0.4) is 0 Å². The molecule has 3 N–H and O–H groups in total. The average Bonchev–Trinajstić information content (AvgIpc) is 3.38. The van der Waals surface area contributed by atoms with E-state index in [4.69, 9.17) is 0 Å². The summed E-state index contributed by atoms with van der Waals surface area (Å²) >= 11 is 0. The normalized spacial score (nSPS) is 32.2. The Labute approximate surface area is 220 Å². The molecule has 0 saturated heterocycles. The second kappa shape index (κ2) is 10.2. The van der Waals surface area contributed by atoms with Crippen LogP contribution in [-0.4, -0.2) is 57.0 Å². The van der Waals surface area contributed by atoms with E-state index in [-0.39, 0.29) is 23.3 Å². The lowest BCUT2D eigenvalue weighted by atomic mass is 9.48. The minimum atomic E-state index is -0.537. The highest BCUT2D eigenvalue weighted by Crippen LogP contribution is 2.61. The number of hydrogen-bond donors (Lipinski definition) is 3. The number of anilines is 1. The van der Waals surface area contributed by atoms with Gasteiger partial charge in [0, 0.05) is 25.1 Å². The predicted octanol–water partition coefficient (Wildman–Crippen LogP) is 3.44. The molecule has 37 heavy (non-hydrogen) atoms. The van der Waals surface area contributed by atoms with E-state index in [1.807, 2.05) is 0 Å². The number of fused-ring (bicyclic) bond motifs is 1. The van der Waals surface area contributed by atoms with E-state index >= 15 is 0 Å². The van der Waals surface area contributed by atoms with Crippen molar-refractivity contribution in [2.24, 2.45) is 29.1 Å². The van der Waals surface area contributed by atoms with E-state index in [9.17, 15) is 14.7 Å². The summed E-state index contributed by atoms with van der Waals surface area (Å²) in [5, 5.41) is 17.7. The molecule has 2 heterocycles. The van der Waals surface area contributed by atoms with Crippen LogP contribution >= 0.6 is 0 Å². The largest absolute Gasteiger partial charge is 0.391 e. The van der Waals surface area contributed by atoms with Gasteiger partial charge < -0.3 is 20.6 Å². The molecular formula is C29H43N5O3. The Bertz CT molecular complexity index is 988. The molecule has 5 aliphatic carbocycles. The van der Waals surface area contributed by atoms with Crippen LogP contribution in [0.5, 0.6) is 0 Å². The lowest BCUT2D eigenvalue weighted by molar-refractivity contribution is -0.137. The van der Waals surface area contributed by atoms with Gasteiger partial charge >= 0.3 is 0 Å². The summed E-state index contributed by atoms with van der Waals surface area (Å²) in [6, 6.07) is -0.537. The smallest absolute Gasteiger partial charge is 0.245 e. The van der Waals surface area contributed by atoms with E-state index in [1.165, 1.54) is 51.4 Å². The summed E-state index contributed by atoms with van der Waals surface area (Å²) < 4.78 is 0. The van der Waals surface area contributed by atoms with Crippen molar-refractivity contribution in [2.45, 2.75) is 103 Å². The first-order valence-electron chi connectivity index (χ1n) is 14.7. The van der Waals surface area contributed by atoms with E-state index in [1.54, 1.807) is 18.2 Å². The summed E-state index contributed by atoms with van der Waals surface area (Å²) in [5.41, 5.74) is 1.98. The molecule has 2 amide bonds. The zero-order valence-electron chi connectivity index (χ0n) is 22.3. The molecule has 0 aromatic carbocycles. The summed E-state index contributed by atoms with van der Waals surface area (Å²) in [7, 11) is 0. The van der Waals surface area contributed by atoms with Crippen LogP contribution < -0.4 is 10.6 Å². The standard InChI is InChI=1S/C29H43N5O3/c1-18(33-26(36)11-19-4-2-3-5-19)28(37)34-7-6-23-24(16-34)31-17-32-27(23)30-15-25(35)29-12-20-8-21(13-29)10-22(9-20)14-29/h17-22,25,35H,2-16H2,1H3,(H,33,36)(H,30,31,32)/t18-,20?,21?,22?,25?,29?/m1/s1. The molecule has 1 aromatic rings. The van der Waals surface area contributed by atoms with Crippen LogP contribution in [0.4, 0.5) is 5.82 Å². The Balaban J connectivity index is 1.04. The molecule has 202 valence electrons. The molecule has 0 spiro atoms. The fourth-order valence-corrected chi connectivity index (χ4v) is 8.80. The second-order valence-corrected chi connectivity index (χ2v) is 13.0. The Morgan fingerprint density at radius 1 is 1.11 bits per heavy atom. The number of carbonyl (C=O) groups is 2. The fraction of sp³-hybridized carbons (Fsp3) is 0.793. The monoisotopic (exact) mass is 509 g/mol. The van der Waals surface area contributed by atoms with Gasteiger partial charge in [-0.15, -0.1) is 0 Å². The van der Waals surface area contributed by atoms with E-state index in [2.05, 4.69) is 20.6 Å². The van der Waals surface area contributed by atoms with Crippen molar-refractivity contribution in [3.63, 3.8) is 0 Å². The lowest BCUT2D eigenvalue weighted by Crippen LogP contribution is -2.53. The minimum absolute atomic E-state index is 0.0171. The third-order valence-corrected chi connectivity index (χ3v) is 10.3. The zero-order valence-corrected chi connectivity index (χ0v) is 22.3. The fourth-order valence-electron chi connectivity index (χ4n) is 8.80. The van der Waals surface area contributed by atoms with Crippen molar-refractivity contribution in [3.05, 3.63) is 17.6 Å². The van der Waals surface area contributed by atoms with Gasteiger partial charge in [0.1, 0.15) is 18.2 Å². The molecule has 5 fully saturated rings. The third-order valence-electron chi connectivity index (χ3n) is 10.3. The van der Waals surface area contributed by atoms with Crippen LogP contribution in [0.1, 0.15) is 88.8 Å². The molecule has 4 bridgehead atoms. The third kappa shape index (κ3) is 5.10. The molecule has 1 unspecified atom stereocenters. The number of nitrogens with zero attached hydrogens (tertiary/aromatic N) is 3. The number of aliphatic hydroxyl groups excluding tert-OH is 1. The van der Waals surface area contributed by atoms with Crippen molar-refractivity contribution in [2.75, 3.05) is 18.4 Å². The summed E-state index contributed by atoms with van der Waals surface area (Å²) in [5.74, 6) is 3.61. The van der Waals surface area contributed by atoms with Gasteiger partial charge in [0.15, 0.2) is 0 Å². The minimum Gasteiger partial charge on any atom is -0.391 e. The van der Waals surface area contributed by atoms with Gasteiger partial charge in [-0.05, 0) is 93.8 Å². The molecule has 2 atom stereocenters. The molecule has 6 aliphatic rings. The van der Waals surface area contributed by atoms with Crippen molar-refractivity contribution in [1.29, 1.82) is 0 Å². The number of aliphatic hydroxyl groups is 1. The number of rotatable bonds is 8. The molecule has 0 radical (unpaired) electrons. The summed E-state index contributed by atoms with van der Waals surface area (Å²) in [6.45, 7) is 3.30. The molecule has 5 saturated carbocycles. The van der Waals surface area contributed by atoms with Crippen molar-refractivity contribution in [1.82, 2.24) is 20.2 Å². The molecule has 1 aromatic heterocycles. The highest BCUT2D eigenvalue weighted by Gasteiger charge is 2.53. The predicted molar refractivity (Wildman–Crippen MR) is 140 cm³/mol. The average molecular weight is 510 g/mol. The highest BCUT2D eigenvalue weighted by molar-refractivity contribution is 5.87. The van der Waals surface area contributed by atoms with Crippen LogP contribution in [-0.2, 0) is 22.6 Å². The Morgan fingerprint density at radius 3 is 2.46 bits per heavy atom. The second-order valence-electron chi connectivity index (χ2n) is 13.0. The van der Waals surface area contributed by atoms with Gasteiger partial charge in [-0.1, -0.05) is 12.8 Å². The van der Waals surface area contributed by atoms with Crippen LogP contribution in [0, 0.1) is 29.1 Å². The maximum atomic E-state index is 13.1. The zero-order chi connectivity index (χ0) is 25.6. The first-order chi connectivity index (χ1) is 17.9. The van der Waals surface area contributed by atoms with Gasteiger partial charge in [-0.25, -0.2) is 9.97 Å². The molecule has 7 rings (SSSR count). The number of hydrogen-bond acceptors (Lipinski definition) is 6. The number of nitrogens with one attached hydrogen (secondary N) is 2. The van der Waals surface area contributed by atoms with Crippen molar-refractivity contribution >= 4 is 17.6 Å². The Kier molecular flexibility index (Phi) is 6.88. The molecule has 8 heteroatoms. The van der Waals surface area contributed by atoms with Gasteiger partial charge in [0.2, 0.25) is 11.8 Å². The van der Waals surface area contributed by atoms with Crippen LogP contribution in [0.2, 0.25) is 0 Å². The van der Waals surface area contributed by atoms with E-state index < -0.39 is 6.04 Å². The first kappa shape index (κ1) is 25.1. The van der Waals surface area contributed by atoms with E-state index in [0.717, 1.165) is 47.7 Å². The summed E-state index contributed by atoms with van der Waals surface area (Å²) in [6.07, 6.45) is 14.7. The van der Waals surface area contributed by atoms with Gasteiger partial charge in [0.05, 0.1) is 18.3 Å². The van der Waals surface area contributed by atoms with Crippen LogP contribution in [0.25, 0.3) is 0 Å². The molecule has 8 nitrogen and oxygen atoms in total. The van der Waals surface area contributed by atoms with Crippen molar-refractivity contribution in [3.8, 4) is 0 Å². The maximum Gasteiger partial charge on any atom is 0.245 e. The highest BCUT2D eigenvalue weighted by atomic mass is 16.3. The van der Waals surface area contributed by atoms with Crippen LogP contribution in [0.15, 0.2) is 6.33 Å². The number of amides is 2. The lowest BCUT2D eigenvalue weighted by Gasteiger charge is -2.58. The topological polar surface area (TPSA) is 107 Å². The van der Waals surface area contributed by atoms with E-state index in [0.29, 0.717) is 38.4 Å². The summed E-state index contributed by atoms with van der Waals surface area (Å²) in [4.78, 5) is 36.3. The first-order valence-corrected chi connectivity index (χ1v) is 14.7. The quantitative estimate of drug-likeness (QED) is 0.496. The van der Waals surface area contributed by atoms with Gasteiger partial charge in [-0.3, -0.25) is 9.59 Å².